The number of rotatable bonds is 3. The molecule has 1 N–H and O–H groups in total. The molecule has 2 nitrogen and oxygen atoms in total. The number of anilines is 1. The van der Waals surface area contributed by atoms with Gasteiger partial charge < -0.3 is 9.73 Å². The molecule has 0 aliphatic heterocycles. The van der Waals surface area contributed by atoms with Gasteiger partial charge in [-0.05, 0) is 25.1 Å². The van der Waals surface area contributed by atoms with Crippen LogP contribution in [0.25, 0.3) is 0 Å². The van der Waals surface area contributed by atoms with Crippen LogP contribution in [0, 0.1) is 6.92 Å². The summed E-state index contributed by atoms with van der Waals surface area (Å²) < 4.78 is 5.21. The van der Waals surface area contributed by atoms with Crippen molar-refractivity contribution in [2.24, 2.45) is 0 Å². The molecule has 0 unspecified atom stereocenters. The van der Waals surface area contributed by atoms with E-state index in [-0.39, 0.29) is 0 Å². The Morgan fingerprint density at radius 2 is 2.00 bits per heavy atom. The third-order valence-corrected chi connectivity index (χ3v) is 2.06. The Hall–Kier alpha value is -1.70. The van der Waals surface area contributed by atoms with Gasteiger partial charge in [0.15, 0.2) is 0 Å². The molecular weight excluding hydrogens is 174 g/mol. The molecular formula is C12H13NO. The summed E-state index contributed by atoms with van der Waals surface area (Å²) in [7, 11) is 0. The first-order chi connectivity index (χ1) is 6.84. The molecule has 14 heavy (non-hydrogen) atoms. The van der Waals surface area contributed by atoms with Crippen molar-refractivity contribution >= 4 is 5.69 Å². The summed E-state index contributed by atoms with van der Waals surface area (Å²) >= 11 is 0. The summed E-state index contributed by atoms with van der Waals surface area (Å²) in [4.78, 5) is 0. The molecule has 0 amide bonds. The molecule has 0 bridgehead atoms. The summed E-state index contributed by atoms with van der Waals surface area (Å²) in [5, 5.41) is 3.31. The Balaban J connectivity index is 1.95. The van der Waals surface area contributed by atoms with Gasteiger partial charge in [-0.2, -0.15) is 0 Å². The molecule has 2 rings (SSSR count). The molecule has 0 saturated heterocycles. The van der Waals surface area contributed by atoms with Gasteiger partial charge in [-0.1, -0.05) is 18.2 Å². The molecule has 0 fully saturated rings. The third kappa shape index (κ3) is 2.16. The zero-order valence-corrected chi connectivity index (χ0v) is 8.16. The fraction of sp³-hybridized carbons (Fsp3) is 0.167. The number of benzene rings is 1. The molecule has 0 aliphatic carbocycles. The topological polar surface area (TPSA) is 25.2 Å². The van der Waals surface area contributed by atoms with Crippen LogP contribution in [0.1, 0.15) is 11.3 Å². The van der Waals surface area contributed by atoms with E-state index in [0.29, 0.717) is 0 Å². The van der Waals surface area contributed by atoms with Crippen molar-refractivity contribution in [2.75, 3.05) is 5.32 Å². The van der Waals surface area contributed by atoms with E-state index >= 15 is 0 Å². The molecule has 1 aromatic heterocycles. The second kappa shape index (κ2) is 4.01. The van der Waals surface area contributed by atoms with Gasteiger partial charge in [0.2, 0.25) is 0 Å². The average Bonchev–Trinajstić information content (AvgIpc) is 2.63. The van der Waals surface area contributed by atoms with Crippen LogP contribution in [-0.4, -0.2) is 0 Å². The van der Waals surface area contributed by atoms with Gasteiger partial charge in [0.05, 0.1) is 6.26 Å². The van der Waals surface area contributed by atoms with Gasteiger partial charge in [0.25, 0.3) is 0 Å². The molecule has 0 spiro atoms. The highest BCUT2D eigenvalue weighted by Gasteiger charge is 1.96. The van der Waals surface area contributed by atoms with Crippen LogP contribution in [0.4, 0.5) is 5.69 Å². The first kappa shape index (κ1) is 8.88. The van der Waals surface area contributed by atoms with Gasteiger partial charge in [-0.25, -0.2) is 0 Å². The van der Waals surface area contributed by atoms with Gasteiger partial charge in [-0.3, -0.25) is 0 Å². The van der Waals surface area contributed by atoms with Crippen molar-refractivity contribution in [1.29, 1.82) is 0 Å². The van der Waals surface area contributed by atoms with Crippen LogP contribution < -0.4 is 5.32 Å². The lowest BCUT2D eigenvalue weighted by Gasteiger charge is -2.02. The molecule has 0 aliphatic rings. The lowest BCUT2D eigenvalue weighted by atomic mass is 10.3. The van der Waals surface area contributed by atoms with E-state index in [2.05, 4.69) is 5.32 Å². The Morgan fingerprint density at radius 1 is 1.21 bits per heavy atom. The summed E-state index contributed by atoms with van der Waals surface area (Å²) in [5.41, 5.74) is 2.30. The maximum atomic E-state index is 5.21. The number of aryl methyl sites for hydroxylation is 1. The fourth-order valence-electron chi connectivity index (χ4n) is 1.35. The summed E-state index contributed by atoms with van der Waals surface area (Å²) in [5.74, 6) is 0.954. The van der Waals surface area contributed by atoms with Gasteiger partial charge in [0, 0.05) is 17.8 Å². The first-order valence-corrected chi connectivity index (χ1v) is 4.67. The van der Waals surface area contributed by atoms with E-state index in [1.54, 1.807) is 6.26 Å². The Kier molecular flexibility index (Phi) is 2.54. The van der Waals surface area contributed by atoms with E-state index in [0.717, 1.165) is 18.0 Å². The van der Waals surface area contributed by atoms with Crippen molar-refractivity contribution in [3.8, 4) is 0 Å². The normalized spacial score (nSPS) is 10.1. The van der Waals surface area contributed by atoms with Crippen LogP contribution in [0.3, 0.4) is 0 Å². The predicted octanol–water partition coefficient (Wildman–Crippen LogP) is 3.20. The minimum Gasteiger partial charge on any atom is -0.469 e. The monoisotopic (exact) mass is 187 g/mol. The summed E-state index contributed by atoms with van der Waals surface area (Å²) in [6.45, 7) is 2.76. The zero-order chi connectivity index (χ0) is 9.80. The summed E-state index contributed by atoms with van der Waals surface area (Å²) in [6.07, 6.45) is 1.78. The quantitative estimate of drug-likeness (QED) is 0.798. The molecule has 0 radical (unpaired) electrons. The SMILES string of the molecule is Cc1cc(CNc2ccccc2)co1. The van der Waals surface area contributed by atoms with E-state index in [1.165, 1.54) is 5.56 Å². The first-order valence-electron chi connectivity index (χ1n) is 4.67. The maximum Gasteiger partial charge on any atom is 0.101 e. The predicted molar refractivity (Wildman–Crippen MR) is 57.2 cm³/mol. The smallest absolute Gasteiger partial charge is 0.101 e. The standard InChI is InChI=1S/C12H13NO/c1-10-7-11(9-14-10)8-13-12-5-3-2-4-6-12/h2-7,9,13H,8H2,1H3. The molecule has 2 aromatic rings. The third-order valence-electron chi connectivity index (χ3n) is 2.06. The Bertz CT molecular complexity index is 392. The average molecular weight is 187 g/mol. The lowest BCUT2D eigenvalue weighted by Crippen LogP contribution is -1.97. The van der Waals surface area contributed by atoms with Crippen molar-refractivity contribution in [3.63, 3.8) is 0 Å². The second-order valence-electron chi connectivity index (χ2n) is 3.29. The van der Waals surface area contributed by atoms with Crippen molar-refractivity contribution in [1.82, 2.24) is 0 Å². The number of furan rings is 1. The van der Waals surface area contributed by atoms with Gasteiger partial charge >= 0.3 is 0 Å². The number of hydrogen-bond donors (Lipinski definition) is 1. The highest BCUT2D eigenvalue weighted by Crippen LogP contribution is 2.10. The van der Waals surface area contributed by atoms with Crippen LogP contribution in [0.5, 0.6) is 0 Å². The maximum absolute atomic E-state index is 5.21. The fourth-order valence-corrected chi connectivity index (χ4v) is 1.35. The highest BCUT2D eigenvalue weighted by molar-refractivity contribution is 5.42. The molecule has 0 atom stereocenters. The molecule has 0 saturated carbocycles. The molecule has 1 aromatic carbocycles. The highest BCUT2D eigenvalue weighted by atomic mass is 16.3. The minimum atomic E-state index is 0.807. The van der Waals surface area contributed by atoms with Crippen molar-refractivity contribution in [3.05, 3.63) is 54.0 Å². The number of hydrogen-bond acceptors (Lipinski definition) is 2. The van der Waals surface area contributed by atoms with Crippen LogP contribution in [0.2, 0.25) is 0 Å². The van der Waals surface area contributed by atoms with E-state index in [4.69, 9.17) is 4.42 Å². The molecule has 1 heterocycles. The van der Waals surface area contributed by atoms with E-state index < -0.39 is 0 Å². The van der Waals surface area contributed by atoms with Crippen molar-refractivity contribution < 1.29 is 4.42 Å². The number of nitrogens with one attached hydrogen (secondary N) is 1. The zero-order valence-electron chi connectivity index (χ0n) is 8.16. The van der Waals surface area contributed by atoms with Crippen LogP contribution in [-0.2, 0) is 6.54 Å². The second-order valence-corrected chi connectivity index (χ2v) is 3.29. The van der Waals surface area contributed by atoms with Crippen LogP contribution in [0.15, 0.2) is 47.1 Å². The summed E-state index contributed by atoms with van der Waals surface area (Å²) in [6, 6.07) is 12.2. The van der Waals surface area contributed by atoms with Crippen molar-refractivity contribution in [2.45, 2.75) is 13.5 Å². The van der Waals surface area contributed by atoms with E-state index in [1.807, 2.05) is 43.3 Å². The van der Waals surface area contributed by atoms with Gasteiger partial charge in [-0.15, -0.1) is 0 Å². The van der Waals surface area contributed by atoms with E-state index in [9.17, 15) is 0 Å². The lowest BCUT2D eigenvalue weighted by molar-refractivity contribution is 0.532. The van der Waals surface area contributed by atoms with Gasteiger partial charge in [0.1, 0.15) is 5.76 Å². The Morgan fingerprint density at radius 3 is 2.64 bits per heavy atom. The molecule has 72 valence electrons. The number of para-hydroxylation sites is 1. The minimum absolute atomic E-state index is 0.807. The molecule has 2 heteroatoms. The Labute approximate surface area is 83.6 Å². The van der Waals surface area contributed by atoms with Crippen LogP contribution >= 0.6 is 0 Å². The largest absolute Gasteiger partial charge is 0.469 e.